The van der Waals surface area contributed by atoms with E-state index in [1.807, 2.05) is 31.2 Å². The molecule has 0 saturated carbocycles. The number of fused-ring (bicyclic) bond motifs is 1. The highest BCUT2D eigenvalue weighted by Crippen LogP contribution is 2.22. The van der Waals surface area contributed by atoms with Crippen LogP contribution < -0.4 is 5.32 Å². The lowest BCUT2D eigenvalue weighted by Gasteiger charge is -2.12. The second-order valence-electron chi connectivity index (χ2n) is 4.02. The van der Waals surface area contributed by atoms with Crippen molar-refractivity contribution in [3.05, 3.63) is 42.6 Å². The van der Waals surface area contributed by atoms with Crippen LogP contribution in [0, 0.1) is 0 Å². The third kappa shape index (κ3) is 1.88. The van der Waals surface area contributed by atoms with E-state index < -0.39 is 0 Å². The smallest absolute Gasteiger partial charge is 0.157 e. The molecule has 0 bridgehead atoms. The Morgan fingerprint density at radius 1 is 1.28 bits per heavy atom. The minimum Gasteiger partial charge on any atom is -0.358 e. The van der Waals surface area contributed by atoms with Crippen molar-refractivity contribution in [2.24, 2.45) is 0 Å². The van der Waals surface area contributed by atoms with Gasteiger partial charge < -0.3 is 5.32 Å². The number of nitrogens with zero attached hydrogens (tertiary/aromatic N) is 4. The molecule has 0 spiro atoms. The summed E-state index contributed by atoms with van der Waals surface area (Å²) in [7, 11) is 0. The van der Waals surface area contributed by atoms with Crippen molar-refractivity contribution in [1.82, 2.24) is 25.4 Å². The van der Waals surface area contributed by atoms with Crippen LogP contribution >= 0.6 is 0 Å². The fourth-order valence-corrected chi connectivity index (χ4v) is 1.83. The van der Waals surface area contributed by atoms with Gasteiger partial charge >= 0.3 is 0 Å². The van der Waals surface area contributed by atoms with E-state index in [1.165, 1.54) is 6.33 Å². The zero-order valence-corrected chi connectivity index (χ0v) is 9.83. The Kier molecular flexibility index (Phi) is 2.60. The highest BCUT2D eigenvalue weighted by molar-refractivity contribution is 5.90. The summed E-state index contributed by atoms with van der Waals surface area (Å²) in [6.45, 7) is 1.99. The molecule has 1 aromatic carbocycles. The predicted octanol–water partition coefficient (Wildman–Crippen LogP) is 1.92. The van der Waals surface area contributed by atoms with Crippen molar-refractivity contribution in [1.29, 1.82) is 0 Å². The molecule has 0 fully saturated rings. The van der Waals surface area contributed by atoms with Gasteiger partial charge in [0.1, 0.15) is 12.2 Å². The first kappa shape index (κ1) is 10.6. The van der Waals surface area contributed by atoms with Crippen molar-refractivity contribution in [3.63, 3.8) is 0 Å². The number of nitrogens with one attached hydrogen (secondary N) is 2. The van der Waals surface area contributed by atoms with Crippen molar-refractivity contribution in [3.8, 4) is 0 Å². The summed E-state index contributed by atoms with van der Waals surface area (Å²) < 4.78 is 0. The first-order chi connectivity index (χ1) is 8.84. The molecule has 2 aromatic heterocycles. The van der Waals surface area contributed by atoms with E-state index in [4.69, 9.17) is 0 Å². The molecule has 0 saturated heterocycles. The Bertz CT molecular complexity index is 643. The van der Waals surface area contributed by atoms with Crippen LogP contribution in [0.25, 0.3) is 10.8 Å². The topological polar surface area (TPSA) is 79.4 Å². The van der Waals surface area contributed by atoms with E-state index in [2.05, 4.69) is 30.7 Å². The maximum absolute atomic E-state index is 4.13. The van der Waals surface area contributed by atoms with Gasteiger partial charge in [-0.1, -0.05) is 24.3 Å². The summed E-state index contributed by atoms with van der Waals surface area (Å²) in [6.07, 6.45) is 3.24. The highest BCUT2D eigenvalue weighted by atomic mass is 15.2. The van der Waals surface area contributed by atoms with Gasteiger partial charge in [-0.05, 0) is 6.92 Å². The van der Waals surface area contributed by atoms with Crippen LogP contribution in [0.2, 0.25) is 0 Å². The Labute approximate surface area is 103 Å². The van der Waals surface area contributed by atoms with Crippen LogP contribution in [0.3, 0.4) is 0 Å². The number of aromatic amines is 1. The molecule has 0 aliphatic carbocycles. The summed E-state index contributed by atoms with van der Waals surface area (Å²) in [6, 6.07) is 7.98. The largest absolute Gasteiger partial charge is 0.358 e. The van der Waals surface area contributed by atoms with Gasteiger partial charge in [0.25, 0.3) is 0 Å². The Balaban J connectivity index is 1.95. The minimum absolute atomic E-state index is 0.00685. The molecule has 1 atom stereocenters. The molecule has 3 aromatic rings. The third-order valence-electron chi connectivity index (χ3n) is 2.77. The van der Waals surface area contributed by atoms with Gasteiger partial charge in [-0.25, -0.2) is 4.98 Å². The van der Waals surface area contributed by atoms with Crippen molar-refractivity contribution in [2.75, 3.05) is 5.32 Å². The van der Waals surface area contributed by atoms with E-state index in [-0.39, 0.29) is 6.04 Å². The fourth-order valence-electron chi connectivity index (χ4n) is 1.83. The molecule has 18 heavy (non-hydrogen) atoms. The number of anilines is 1. The minimum atomic E-state index is -0.00685. The molecule has 0 amide bonds. The standard InChI is InChI=1S/C12H12N6/c1-8(11-13-7-15-17-11)16-12-10-5-3-2-4-9(10)6-14-18-12/h2-8H,1H3,(H,16,18)(H,13,15,17). The Morgan fingerprint density at radius 2 is 2.17 bits per heavy atom. The molecule has 0 aliphatic rings. The monoisotopic (exact) mass is 240 g/mol. The molecular formula is C12H12N6. The maximum atomic E-state index is 4.13. The maximum Gasteiger partial charge on any atom is 0.157 e. The molecule has 1 unspecified atom stereocenters. The Morgan fingerprint density at radius 3 is 3.00 bits per heavy atom. The van der Waals surface area contributed by atoms with Crippen LogP contribution in [-0.4, -0.2) is 25.4 Å². The molecular weight excluding hydrogens is 228 g/mol. The van der Waals surface area contributed by atoms with Crippen molar-refractivity contribution in [2.45, 2.75) is 13.0 Å². The molecule has 90 valence electrons. The van der Waals surface area contributed by atoms with E-state index in [9.17, 15) is 0 Å². The number of aromatic nitrogens is 5. The number of rotatable bonds is 3. The summed E-state index contributed by atoms with van der Waals surface area (Å²) >= 11 is 0. The Hall–Kier alpha value is -2.50. The lowest BCUT2D eigenvalue weighted by Crippen LogP contribution is -2.10. The summed E-state index contributed by atoms with van der Waals surface area (Å²) in [5, 5.41) is 20.2. The zero-order valence-electron chi connectivity index (χ0n) is 9.83. The number of hydrogen-bond donors (Lipinski definition) is 2. The summed E-state index contributed by atoms with van der Waals surface area (Å²) in [5.41, 5.74) is 0. The van der Waals surface area contributed by atoms with Gasteiger partial charge in [0.2, 0.25) is 0 Å². The number of hydrogen-bond acceptors (Lipinski definition) is 5. The second-order valence-corrected chi connectivity index (χ2v) is 4.02. The van der Waals surface area contributed by atoms with Crippen LogP contribution in [-0.2, 0) is 0 Å². The lowest BCUT2D eigenvalue weighted by molar-refractivity contribution is 0.787. The van der Waals surface area contributed by atoms with E-state index in [0.29, 0.717) is 0 Å². The van der Waals surface area contributed by atoms with Crippen molar-refractivity contribution < 1.29 is 0 Å². The first-order valence-electron chi connectivity index (χ1n) is 5.67. The summed E-state index contributed by atoms with van der Waals surface area (Å²) in [4.78, 5) is 4.12. The second kappa shape index (κ2) is 4.40. The van der Waals surface area contributed by atoms with E-state index >= 15 is 0 Å². The number of benzene rings is 1. The molecule has 6 heteroatoms. The molecule has 6 nitrogen and oxygen atoms in total. The average Bonchev–Trinajstić information content (AvgIpc) is 2.93. The van der Waals surface area contributed by atoms with Gasteiger partial charge in [-0.3, -0.25) is 5.10 Å². The first-order valence-corrected chi connectivity index (χ1v) is 5.67. The number of H-pyrrole nitrogens is 1. The van der Waals surface area contributed by atoms with Gasteiger partial charge in [-0.2, -0.15) is 10.2 Å². The SMILES string of the molecule is CC(Nc1nncc2ccccc12)c1ncn[nH]1. The van der Waals surface area contributed by atoms with Crippen LogP contribution in [0.5, 0.6) is 0 Å². The molecule has 0 radical (unpaired) electrons. The lowest BCUT2D eigenvalue weighted by atomic mass is 10.2. The predicted molar refractivity (Wildman–Crippen MR) is 68.0 cm³/mol. The van der Waals surface area contributed by atoms with Gasteiger partial charge in [0.15, 0.2) is 5.82 Å². The summed E-state index contributed by atoms with van der Waals surface area (Å²) in [5.74, 6) is 1.52. The normalized spacial score (nSPS) is 12.5. The van der Waals surface area contributed by atoms with Crippen LogP contribution in [0.15, 0.2) is 36.8 Å². The molecule has 3 rings (SSSR count). The van der Waals surface area contributed by atoms with Gasteiger partial charge in [0.05, 0.1) is 12.2 Å². The van der Waals surface area contributed by atoms with Crippen LogP contribution in [0.1, 0.15) is 18.8 Å². The van der Waals surface area contributed by atoms with Gasteiger partial charge in [0, 0.05) is 10.8 Å². The van der Waals surface area contributed by atoms with E-state index in [0.717, 1.165) is 22.4 Å². The highest BCUT2D eigenvalue weighted by Gasteiger charge is 2.10. The van der Waals surface area contributed by atoms with Crippen LogP contribution in [0.4, 0.5) is 5.82 Å². The quantitative estimate of drug-likeness (QED) is 0.731. The molecule has 2 heterocycles. The fraction of sp³-hybridized carbons (Fsp3) is 0.167. The third-order valence-corrected chi connectivity index (χ3v) is 2.77. The molecule has 2 N–H and O–H groups in total. The molecule has 0 aliphatic heterocycles. The van der Waals surface area contributed by atoms with Crippen molar-refractivity contribution >= 4 is 16.6 Å². The zero-order chi connectivity index (χ0) is 12.4. The van der Waals surface area contributed by atoms with Gasteiger partial charge in [-0.15, -0.1) is 5.10 Å². The van der Waals surface area contributed by atoms with E-state index in [1.54, 1.807) is 6.20 Å². The average molecular weight is 240 g/mol.